The molecule has 2 N–H and O–H groups in total. The normalized spacial score (nSPS) is 18.9. The summed E-state index contributed by atoms with van der Waals surface area (Å²) < 4.78 is 11.2. The molecule has 112 valence electrons. The summed E-state index contributed by atoms with van der Waals surface area (Å²) in [6, 6.07) is 3.73. The first-order chi connectivity index (χ1) is 10.2. The number of benzene rings is 1. The lowest BCUT2D eigenvalue weighted by Gasteiger charge is -2.24. The van der Waals surface area contributed by atoms with Gasteiger partial charge in [-0.1, -0.05) is 0 Å². The van der Waals surface area contributed by atoms with Crippen molar-refractivity contribution < 1.29 is 14.6 Å². The highest BCUT2D eigenvalue weighted by molar-refractivity contribution is 5.85. The van der Waals surface area contributed by atoms with Gasteiger partial charge in [0, 0.05) is 19.5 Å². The molecule has 3 rings (SSSR count). The van der Waals surface area contributed by atoms with Crippen molar-refractivity contribution in [1.82, 2.24) is 15.3 Å². The average molecular weight is 289 g/mol. The fourth-order valence-electron chi connectivity index (χ4n) is 2.64. The van der Waals surface area contributed by atoms with Crippen LogP contribution in [0.4, 0.5) is 0 Å². The predicted molar refractivity (Wildman–Crippen MR) is 78.8 cm³/mol. The molecule has 6 heteroatoms. The van der Waals surface area contributed by atoms with Crippen LogP contribution in [0.25, 0.3) is 10.9 Å². The highest BCUT2D eigenvalue weighted by Gasteiger charge is 2.18. The molecule has 0 saturated carbocycles. The minimum Gasteiger partial charge on any atom is -0.496 e. The van der Waals surface area contributed by atoms with Gasteiger partial charge in [-0.25, -0.2) is 4.98 Å². The second kappa shape index (κ2) is 5.83. The van der Waals surface area contributed by atoms with Gasteiger partial charge >= 0.3 is 0 Å². The van der Waals surface area contributed by atoms with Crippen molar-refractivity contribution in [3.05, 3.63) is 23.5 Å². The molecule has 0 spiro atoms. The predicted octanol–water partition coefficient (Wildman–Crippen LogP) is 1.18. The molecule has 0 amide bonds. The van der Waals surface area contributed by atoms with Crippen molar-refractivity contribution in [1.29, 1.82) is 0 Å². The Kier molecular flexibility index (Phi) is 3.90. The quantitative estimate of drug-likeness (QED) is 0.883. The van der Waals surface area contributed by atoms with Crippen LogP contribution in [0.1, 0.15) is 11.4 Å². The molecule has 2 heterocycles. The zero-order valence-electron chi connectivity index (χ0n) is 12.2. The zero-order valence-corrected chi connectivity index (χ0v) is 12.2. The standard InChI is InChI=1S/C15H19N3O3/c1-9-17-13-6-10(5-11-8-16-3-4-21-11)14(20-2)7-12(13)15(19)18-9/h6-7,11,16H,3-5,8H2,1-2H3,(H,17,18,19). The fraction of sp³-hybridized carbons (Fsp3) is 0.467. The minimum absolute atomic E-state index is 0.0158. The van der Waals surface area contributed by atoms with Gasteiger partial charge in [-0.05, 0) is 24.6 Å². The average Bonchev–Trinajstić information content (AvgIpc) is 2.47. The van der Waals surface area contributed by atoms with E-state index in [-0.39, 0.29) is 12.0 Å². The molecule has 1 unspecified atom stereocenters. The Morgan fingerprint density at radius 1 is 1.43 bits per heavy atom. The first-order valence-corrected chi connectivity index (χ1v) is 7.04. The third-order valence-electron chi connectivity index (χ3n) is 3.64. The van der Waals surface area contributed by atoms with Crippen LogP contribution in [0.2, 0.25) is 0 Å². The van der Waals surface area contributed by atoms with Crippen molar-refractivity contribution in [3.63, 3.8) is 0 Å². The number of aromatic hydroxyl groups is 1. The molecular weight excluding hydrogens is 270 g/mol. The molecule has 0 bridgehead atoms. The number of rotatable bonds is 3. The smallest absolute Gasteiger partial charge is 0.222 e. The lowest BCUT2D eigenvalue weighted by atomic mass is 10.0. The number of aryl methyl sites for hydroxylation is 1. The largest absolute Gasteiger partial charge is 0.496 e. The maximum absolute atomic E-state index is 9.94. The molecule has 1 atom stereocenters. The summed E-state index contributed by atoms with van der Waals surface area (Å²) in [5, 5.41) is 13.9. The van der Waals surface area contributed by atoms with E-state index < -0.39 is 0 Å². The van der Waals surface area contributed by atoms with Gasteiger partial charge in [-0.15, -0.1) is 0 Å². The van der Waals surface area contributed by atoms with Crippen molar-refractivity contribution in [2.24, 2.45) is 0 Å². The summed E-state index contributed by atoms with van der Waals surface area (Å²) in [7, 11) is 1.62. The number of ether oxygens (including phenoxy) is 2. The van der Waals surface area contributed by atoms with Crippen LogP contribution in [-0.4, -0.2) is 48.0 Å². The van der Waals surface area contributed by atoms with E-state index in [4.69, 9.17) is 9.47 Å². The van der Waals surface area contributed by atoms with Crippen LogP contribution in [0.15, 0.2) is 12.1 Å². The van der Waals surface area contributed by atoms with Gasteiger partial charge < -0.3 is 19.9 Å². The summed E-state index contributed by atoms with van der Waals surface area (Å²) >= 11 is 0. The number of nitrogens with one attached hydrogen (secondary N) is 1. The molecule has 1 aliphatic heterocycles. The maximum Gasteiger partial charge on any atom is 0.222 e. The van der Waals surface area contributed by atoms with Gasteiger partial charge in [0.15, 0.2) is 0 Å². The van der Waals surface area contributed by atoms with Crippen LogP contribution in [0.3, 0.4) is 0 Å². The SMILES string of the molecule is COc1cc2c(O)nc(C)nc2cc1CC1CNCCO1. The molecule has 6 nitrogen and oxygen atoms in total. The number of aromatic nitrogens is 2. The molecule has 0 radical (unpaired) electrons. The maximum atomic E-state index is 9.94. The molecule has 1 aromatic heterocycles. The number of hydrogen-bond acceptors (Lipinski definition) is 6. The van der Waals surface area contributed by atoms with Crippen molar-refractivity contribution in [2.45, 2.75) is 19.4 Å². The van der Waals surface area contributed by atoms with Gasteiger partial charge in [-0.2, -0.15) is 4.98 Å². The Morgan fingerprint density at radius 2 is 2.29 bits per heavy atom. The molecule has 0 aliphatic carbocycles. The lowest BCUT2D eigenvalue weighted by molar-refractivity contribution is 0.0289. The van der Waals surface area contributed by atoms with Crippen LogP contribution in [-0.2, 0) is 11.2 Å². The van der Waals surface area contributed by atoms with E-state index in [2.05, 4.69) is 15.3 Å². The van der Waals surface area contributed by atoms with E-state index in [0.717, 1.165) is 42.9 Å². The molecule has 1 saturated heterocycles. The lowest BCUT2D eigenvalue weighted by Crippen LogP contribution is -2.39. The number of morpholine rings is 1. The minimum atomic E-state index is -0.0158. The van der Waals surface area contributed by atoms with E-state index in [1.165, 1.54) is 0 Å². The summed E-state index contributed by atoms with van der Waals surface area (Å²) in [5.41, 5.74) is 1.75. The van der Waals surface area contributed by atoms with Crippen molar-refractivity contribution in [3.8, 4) is 11.6 Å². The van der Waals surface area contributed by atoms with Gasteiger partial charge in [0.1, 0.15) is 11.6 Å². The highest BCUT2D eigenvalue weighted by atomic mass is 16.5. The Morgan fingerprint density at radius 3 is 3.00 bits per heavy atom. The van der Waals surface area contributed by atoms with Crippen LogP contribution < -0.4 is 10.1 Å². The molecule has 21 heavy (non-hydrogen) atoms. The summed E-state index contributed by atoms with van der Waals surface area (Å²) in [5.74, 6) is 1.25. The summed E-state index contributed by atoms with van der Waals surface area (Å²) in [6.45, 7) is 4.21. The Hall–Kier alpha value is -1.92. The Bertz CT molecular complexity index is 654. The molecule has 1 fully saturated rings. The monoisotopic (exact) mass is 289 g/mol. The topological polar surface area (TPSA) is 76.5 Å². The van der Waals surface area contributed by atoms with Crippen LogP contribution >= 0.6 is 0 Å². The van der Waals surface area contributed by atoms with Gasteiger partial charge in [-0.3, -0.25) is 0 Å². The van der Waals surface area contributed by atoms with E-state index in [9.17, 15) is 5.11 Å². The highest BCUT2D eigenvalue weighted by Crippen LogP contribution is 2.30. The van der Waals surface area contributed by atoms with Gasteiger partial charge in [0.2, 0.25) is 5.88 Å². The third kappa shape index (κ3) is 2.91. The summed E-state index contributed by atoms with van der Waals surface area (Å²) in [6.07, 6.45) is 0.872. The van der Waals surface area contributed by atoms with Crippen molar-refractivity contribution in [2.75, 3.05) is 26.8 Å². The number of nitrogens with zero attached hydrogens (tertiary/aromatic N) is 2. The van der Waals surface area contributed by atoms with Crippen LogP contribution in [0, 0.1) is 6.92 Å². The third-order valence-corrected chi connectivity index (χ3v) is 3.64. The number of fused-ring (bicyclic) bond motifs is 1. The zero-order chi connectivity index (χ0) is 14.8. The van der Waals surface area contributed by atoms with Gasteiger partial charge in [0.25, 0.3) is 0 Å². The molecule has 1 aromatic carbocycles. The molecular formula is C15H19N3O3. The fourth-order valence-corrected chi connectivity index (χ4v) is 2.64. The van der Waals surface area contributed by atoms with Gasteiger partial charge in [0.05, 0.1) is 30.7 Å². The first-order valence-electron chi connectivity index (χ1n) is 7.04. The second-order valence-corrected chi connectivity index (χ2v) is 5.18. The van der Waals surface area contributed by atoms with Crippen molar-refractivity contribution >= 4 is 10.9 Å². The second-order valence-electron chi connectivity index (χ2n) is 5.18. The van der Waals surface area contributed by atoms with Crippen LogP contribution in [0.5, 0.6) is 11.6 Å². The van der Waals surface area contributed by atoms with E-state index >= 15 is 0 Å². The van der Waals surface area contributed by atoms with E-state index in [1.54, 1.807) is 20.1 Å². The Balaban J connectivity index is 2.00. The van der Waals surface area contributed by atoms with E-state index in [1.807, 2.05) is 6.07 Å². The van der Waals surface area contributed by atoms with E-state index in [0.29, 0.717) is 11.2 Å². The first kappa shape index (κ1) is 14.0. The molecule has 1 aliphatic rings. The number of hydrogen-bond donors (Lipinski definition) is 2. The number of methoxy groups -OCH3 is 1. The molecule has 2 aromatic rings. The Labute approximate surface area is 123 Å². The summed E-state index contributed by atoms with van der Waals surface area (Å²) in [4.78, 5) is 8.36.